The molecule has 1 heterocycles. The van der Waals surface area contributed by atoms with E-state index in [1.54, 1.807) is 36.5 Å². The number of anilines is 1. The zero-order valence-corrected chi connectivity index (χ0v) is 15.3. The van der Waals surface area contributed by atoms with E-state index < -0.39 is 0 Å². The van der Waals surface area contributed by atoms with Gasteiger partial charge in [-0.25, -0.2) is 4.39 Å². The number of nitrogens with one attached hydrogen (secondary N) is 2. The summed E-state index contributed by atoms with van der Waals surface area (Å²) < 4.78 is 13.6. The van der Waals surface area contributed by atoms with Crippen LogP contribution in [0.3, 0.4) is 0 Å². The number of carbonyl (C=O) groups is 1. The summed E-state index contributed by atoms with van der Waals surface area (Å²) in [5, 5.41) is 6.68. The number of aromatic nitrogens is 1. The first kappa shape index (κ1) is 18.9. The van der Waals surface area contributed by atoms with E-state index in [9.17, 15) is 9.18 Å². The Balaban J connectivity index is 1.53. The molecule has 4 nitrogen and oxygen atoms in total. The number of hydrogen-bond acceptors (Lipinski definition) is 3. The summed E-state index contributed by atoms with van der Waals surface area (Å²) in [5.41, 5.74) is 2.68. The van der Waals surface area contributed by atoms with Crippen molar-refractivity contribution in [3.63, 3.8) is 0 Å². The number of rotatable bonds is 7. The van der Waals surface area contributed by atoms with Gasteiger partial charge in [-0.15, -0.1) is 0 Å². The summed E-state index contributed by atoms with van der Waals surface area (Å²) >= 11 is 5.88. The van der Waals surface area contributed by atoms with E-state index in [1.165, 1.54) is 11.6 Å². The Morgan fingerprint density at radius 1 is 1.07 bits per heavy atom. The Morgan fingerprint density at radius 2 is 1.85 bits per heavy atom. The zero-order chi connectivity index (χ0) is 19.1. The molecule has 0 bridgehead atoms. The van der Waals surface area contributed by atoms with Crippen LogP contribution in [0.5, 0.6) is 0 Å². The maximum absolute atomic E-state index is 13.6. The molecule has 1 aromatic heterocycles. The maximum Gasteiger partial charge on any atom is 0.270 e. The van der Waals surface area contributed by atoms with Crippen molar-refractivity contribution in [2.45, 2.75) is 13.0 Å². The smallest absolute Gasteiger partial charge is 0.270 e. The summed E-state index contributed by atoms with van der Waals surface area (Å²) in [4.78, 5) is 16.4. The molecular formula is C21H19ClFN3O. The highest BCUT2D eigenvalue weighted by molar-refractivity contribution is 6.30. The summed E-state index contributed by atoms with van der Waals surface area (Å²) in [6.07, 6.45) is 2.40. The van der Waals surface area contributed by atoms with Gasteiger partial charge in [0.2, 0.25) is 0 Å². The third-order valence-corrected chi connectivity index (χ3v) is 4.30. The molecule has 2 aromatic carbocycles. The van der Waals surface area contributed by atoms with Gasteiger partial charge in [0.25, 0.3) is 5.91 Å². The maximum atomic E-state index is 13.6. The van der Waals surface area contributed by atoms with Gasteiger partial charge in [0.1, 0.15) is 11.5 Å². The molecule has 0 saturated carbocycles. The Kier molecular flexibility index (Phi) is 6.39. The van der Waals surface area contributed by atoms with E-state index >= 15 is 0 Å². The van der Waals surface area contributed by atoms with Crippen LogP contribution >= 0.6 is 11.6 Å². The number of nitrogens with zero attached hydrogens (tertiary/aromatic N) is 1. The largest absolute Gasteiger partial charge is 0.385 e. The first-order valence-electron chi connectivity index (χ1n) is 8.58. The van der Waals surface area contributed by atoms with E-state index in [1.807, 2.05) is 24.3 Å². The molecule has 0 aliphatic rings. The summed E-state index contributed by atoms with van der Waals surface area (Å²) in [6.45, 7) is 0.823. The second-order valence-corrected chi connectivity index (χ2v) is 6.44. The van der Waals surface area contributed by atoms with Gasteiger partial charge in [-0.05, 0) is 42.3 Å². The van der Waals surface area contributed by atoms with Crippen molar-refractivity contribution in [1.82, 2.24) is 10.3 Å². The number of benzene rings is 2. The van der Waals surface area contributed by atoms with Crippen LogP contribution in [0.25, 0.3) is 0 Å². The molecule has 0 fully saturated rings. The van der Waals surface area contributed by atoms with Gasteiger partial charge in [0, 0.05) is 35.6 Å². The topological polar surface area (TPSA) is 54.0 Å². The van der Waals surface area contributed by atoms with Crippen molar-refractivity contribution in [3.05, 3.63) is 94.5 Å². The van der Waals surface area contributed by atoms with Crippen LogP contribution in [0.15, 0.2) is 66.9 Å². The quantitative estimate of drug-likeness (QED) is 0.633. The lowest BCUT2D eigenvalue weighted by Crippen LogP contribution is -2.24. The lowest BCUT2D eigenvalue weighted by molar-refractivity contribution is 0.0945. The molecule has 138 valence electrons. The molecule has 3 rings (SSSR count). The SMILES string of the molecule is O=C(NCc1ccccc1F)c1cc(NCCc2ccc(Cl)cc2)ccn1. The fourth-order valence-corrected chi connectivity index (χ4v) is 2.70. The van der Waals surface area contributed by atoms with Crippen LogP contribution in [0.4, 0.5) is 10.1 Å². The molecule has 0 spiro atoms. The minimum absolute atomic E-state index is 0.113. The minimum atomic E-state index is -0.348. The number of carbonyl (C=O) groups excluding carboxylic acids is 1. The van der Waals surface area contributed by atoms with E-state index in [4.69, 9.17) is 11.6 Å². The van der Waals surface area contributed by atoms with Gasteiger partial charge in [0.05, 0.1) is 0 Å². The zero-order valence-electron chi connectivity index (χ0n) is 14.6. The Hall–Kier alpha value is -2.92. The van der Waals surface area contributed by atoms with Gasteiger partial charge >= 0.3 is 0 Å². The molecule has 0 aliphatic carbocycles. The number of pyridine rings is 1. The molecule has 2 N–H and O–H groups in total. The van der Waals surface area contributed by atoms with Crippen LogP contribution in [0.1, 0.15) is 21.6 Å². The molecule has 6 heteroatoms. The molecule has 3 aromatic rings. The van der Waals surface area contributed by atoms with Crippen molar-refractivity contribution in [2.24, 2.45) is 0 Å². The summed E-state index contributed by atoms with van der Waals surface area (Å²) in [6, 6.07) is 17.5. The van der Waals surface area contributed by atoms with Crippen LogP contribution in [-0.2, 0) is 13.0 Å². The molecule has 27 heavy (non-hydrogen) atoms. The Bertz CT molecular complexity index is 915. The molecular weight excluding hydrogens is 365 g/mol. The van der Waals surface area contributed by atoms with E-state index in [-0.39, 0.29) is 24.0 Å². The van der Waals surface area contributed by atoms with E-state index in [2.05, 4.69) is 15.6 Å². The van der Waals surface area contributed by atoms with Crippen molar-refractivity contribution in [2.75, 3.05) is 11.9 Å². The lowest BCUT2D eigenvalue weighted by Gasteiger charge is -2.09. The van der Waals surface area contributed by atoms with Crippen molar-refractivity contribution < 1.29 is 9.18 Å². The van der Waals surface area contributed by atoms with Gasteiger partial charge < -0.3 is 10.6 Å². The third-order valence-electron chi connectivity index (χ3n) is 4.05. The minimum Gasteiger partial charge on any atom is -0.385 e. The molecule has 0 unspecified atom stereocenters. The second kappa shape index (κ2) is 9.14. The Labute approximate surface area is 162 Å². The number of amides is 1. The van der Waals surface area contributed by atoms with Crippen LogP contribution in [0, 0.1) is 5.82 Å². The monoisotopic (exact) mass is 383 g/mol. The molecule has 1 amide bonds. The molecule has 0 atom stereocenters. The predicted octanol–water partition coefficient (Wildman–Crippen LogP) is 4.46. The average molecular weight is 384 g/mol. The normalized spacial score (nSPS) is 10.4. The summed E-state index contributed by atoms with van der Waals surface area (Å²) in [5.74, 6) is -0.692. The summed E-state index contributed by atoms with van der Waals surface area (Å²) in [7, 11) is 0. The Morgan fingerprint density at radius 3 is 2.63 bits per heavy atom. The van der Waals surface area contributed by atoms with Crippen molar-refractivity contribution >= 4 is 23.2 Å². The highest BCUT2D eigenvalue weighted by Gasteiger charge is 2.09. The molecule has 0 aliphatic heterocycles. The third kappa shape index (κ3) is 5.53. The number of halogens is 2. The van der Waals surface area contributed by atoms with Crippen LogP contribution in [0.2, 0.25) is 5.02 Å². The van der Waals surface area contributed by atoms with Gasteiger partial charge in [-0.2, -0.15) is 0 Å². The van der Waals surface area contributed by atoms with Crippen LogP contribution < -0.4 is 10.6 Å². The highest BCUT2D eigenvalue weighted by atomic mass is 35.5. The highest BCUT2D eigenvalue weighted by Crippen LogP contribution is 2.12. The first-order chi connectivity index (χ1) is 13.1. The molecule has 0 saturated heterocycles. The van der Waals surface area contributed by atoms with Gasteiger partial charge in [-0.1, -0.05) is 41.9 Å². The van der Waals surface area contributed by atoms with Crippen molar-refractivity contribution in [1.29, 1.82) is 0 Å². The fraction of sp³-hybridized carbons (Fsp3) is 0.143. The fourth-order valence-electron chi connectivity index (χ4n) is 2.57. The first-order valence-corrected chi connectivity index (χ1v) is 8.95. The number of hydrogen-bond donors (Lipinski definition) is 2. The molecule has 0 radical (unpaired) electrons. The van der Waals surface area contributed by atoms with E-state index in [0.29, 0.717) is 17.1 Å². The van der Waals surface area contributed by atoms with E-state index in [0.717, 1.165) is 12.1 Å². The van der Waals surface area contributed by atoms with Gasteiger partial charge in [-0.3, -0.25) is 9.78 Å². The second-order valence-electron chi connectivity index (χ2n) is 6.01. The van der Waals surface area contributed by atoms with Crippen LogP contribution in [-0.4, -0.2) is 17.4 Å². The lowest BCUT2D eigenvalue weighted by atomic mass is 10.1. The average Bonchev–Trinajstić information content (AvgIpc) is 2.69. The standard InChI is InChI=1S/C21H19ClFN3O/c22-17-7-5-15(6-8-17)9-11-24-18-10-12-25-20(13-18)21(27)26-14-16-3-1-2-4-19(16)23/h1-8,10,12-13H,9,11,14H2,(H,24,25)(H,26,27). The van der Waals surface area contributed by atoms with Gasteiger partial charge in [0.15, 0.2) is 0 Å². The predicted molar refractivity (Wildman–Crippen MR) is 105 cm³/mol. The van der Waals surface area contributed by atoms with Crippen molar-refractivity contribution in [3.8, 4) is 0 Å².